The van der Waals surface area contributed by atoms with Crippen LogP contribution in [-0.4, -0.2) is 38.1 Å². The van der Waals surface area contributed by atoms with E-state index in [1.807, 2.05) is 34.9 Å². The van der Waals surface area contributed by atoms with Crippen LogP contribution < -0.4 is 4.90 Å². The van der Waals surface area contributed by atoms with Gasteiger partial charge in [-0.05, 0) is 24.6 Å². The first-order valence-corrected chi connectivity index (χ1v) is 11.0. The molecule has 1 amide bonds. The number of benzene rings is 1. The molecule has 4 rings (SSSR count). The number of carbonyl (C=O) groups excluding carboxylic acids is 1. The predicted octanol–water partition coefficient (Wildman–Crippen LogP) is 5.05. The van der Waals surface area contributed by atoms with Crippen molar-refractivity contribution in [3.63, 3.8) is 0 Å². The van der Waals surface area contributed by atoms with Crippen molar-refractivity contribution in [3.05, 3.63) is 46.6 Å². The van der Waals surface area contributed by atoms with Crippen molar-refractivity contribution < 1.29 is 4.79 Å². The van der Waals surface area contributed by atoms with Crippen LogP contribution in [-0.2, 0) is 4.79 Å². The van der Waals surface area contributed by atoms with Crippen LogP contribution in [0.15, 0.2) is 46.6 Å². The van der Waals surface area contributed by atoms with Crippen LogP contribution in [0.2, 0.25) is 10.0 Å². The first-order chi connectivity index (χ1) is 13.0. The molecular weight excluding hydrogens is 423 g/mol. The maximum atomic E-state index is 13.0. The number of halogens is 2. The summed E-state index contributed by atoms with van der Waals surface area (Å²) in [5.74, 6) is 0.310. The summed E-state index contributed by atoms with van der Waals surface area (Å²) in [6, 6.07) is 9.69. The zero-order valence-corrected chi connectivity index (χ0v) is 17.6. The van der Waals surface area contributed by atoms with E-state index < -0.39 is 0 Å². The maximum absolute atomic E-state index is 13.0. The van der Waals surface area contributed by atoms with Gasteiger partial charge in [0.25, 0.3) is 0 Å². The number of fused-ring (bicyclic) bond motifs is 2. The summed E-state index contributed by atoms with van der Waals surface area (Å²) in [5.41, 5.74) is 1.51. The monoisotopic (exact) mass is 438 g/mol. The third kappa shape index (κ3) is 3.92. The van der Waals surface area contributed by atoms with E-state index in [2.05, 4.69) is 23.2 Å². The van der Waals surface area contributed by atoms with Crippen LogP contribution in [0.1, 0.15) is 13.3 Å². The third-order valence-corrected chi connectivity index (χ3v) is 6.91. The largest absolute Gasteiger partial charge is 0.311 e. The number of pyridine rings is 1. The average molecular weight is 439 g/mol. The Hall–Kier alpha value is -1.41. The first-order valence-electron chi connectivity index (χ1n) is 8.41. The smallest absolute Gasteiger partial charge is 0.237 e. The van der Waals surface area contributed by atoms with Gasteiger partial charge in [0, 0.05) is 22.9 Å². The average Bonchev–Trinajstić information content (AvgIpc) is 2.95. The Morgan fingerprint density at radius 3 is 3.00 bits per heavy atom. The number of carbonyl (C=O) groups is 1. The van der Waals surface area contributed by atoms with Crippen molar-refractivity contribution in [1.82, 2.24) is 14.6 Å². The second-order valence-electron chi connectivity index (χ2n) is 6.20. The van der Waals surface area contributed by atoms with E-state index in [0.29, 0.717) is 32.6 Å². The molecule has 1 atom stereocenters. The van der Waals surface area contributed by atoms with Gasteiger partial charge in [-0.3, -0.25) is 9.20 Å². The van der Waals surface area contributed by atoms with Gasteiger partial charge in [-0.25, -0.2) is 0 Å². The second-order valence-corrected chi connectivity index (χ2v) is 9.47. The topological polar surface area (TPSA) is 50.5 Å². The SMILES string of the molecule is CC1CCN(C(=O)CSc2nnc3c(Cl)cc(Cl)cn23)c2ccccc2S1. The highest BCUT2D eigenvalue weighted by Crippen LogP contribution is 2.37. The van der Waals surface area contributed by atoms with Crippen LogP contribution in [0.3, 0.4) is 0 Å². The fourth-order valence-electron chi connectivity index (χ4n) is 2.95. The van der Waals surface area contributed by atoms with E-state index >= 15 is 0 Å². The molecule has 27 heavy (non-hydrogen) atoms. The molecule has 2 aromatic heterocycles. The Kier molecular flexibility index (Phi) is 5.55. The predicted molar refractivity (Wildman–Crippen MR) is 112 cm³/mol. The molecule has 1 aliphatic rings. The van der Waals surface area contributed by atoms with E-state index in [4.69, 9.17) is 23.2 Å². The van der Waals surface area contributed by atoms with E-state index in [9.17, 15) is 4.79 Å². The van der Waals surface area contributed by atoms with Crippen LogP contribution in [0.4, 0.5) is 5.69 Å². The quantitative estimate of drug-likeness (QED) is 0.535. The lowest BCUT2D eigenvalue weighted by atomic mass is 10.2. The summed E-state index contributed by atoms with van der Waals surface area (Å²) in [6.45, 7) is 2.91. The number of anilines is 1. The zero-order chi connectivity index (χ0) is 19.0. The van der Waals surface area contributed by atoms with E-state index in [0.717, 1.165) is 17.0 Å². The van der Waals surface area contributed by atoms with Crippen molar-refractivity contribution in [3.8, 4) is 0 Å². The van der Waals surface area contributed by atoms with Gasteiger partial charge in [-0.1, -0.05) is 54.0 Å². The Bertz CT molecular complexity index is 1010. The van der Waals surface area contributed by atoms with Gasteiger partial charge in [0.15, 0.2) is 10.8 Å². The first kappa shape index (κ1) is 18.9. The van der Waals surface area contributed by atoms with Crippen LogP contribution in [0, 0.1) is 0 Å². The number of nitrogens with zero attached hydrogens (tertiary/aromatic N) is 4. The Morgan fingerprint density at radius 2 is 2.15 bits per heavy atom. The number of hydrogen-bond acceptors (Lipinski definition) is 5. The minimum atomic E-state index is 0.0482. The highest BCUT2D eigenvalue weighted by Gasteiger charge is 2.24. The zero-order valence-electron chi connectivity index (χ0n) is 14.4. The Balaban J connectivity index is 1.55. The summed E-state index contributed by atoms with van der Waals surface area (Å²) in [7, 11) is 0. The molecule has 0 saturated carbocycles. The highest BCUT2D eigenvalue weighted by atomic mass is 35.5. The van der Waals surface area contributed by atoms with Crippen LogP contribution >= 0.6 is 46.7 Å². The highest BCUT2D eigenvalue weighted by molar-refractivity contribution is 8.00. The lowest BCUT2D eigenvalue weighted by Gasteiger charge is -2.22. The number of thioether (sulfide) groups is 2. The molecule has 0 spiro atoms. The number of aromatic nitrogens is 3. The molecule has 3 aromatic rings. The number of rotatable bonds is 3. The lowest BCUT2D eigenvalue weighted by molar-refractivity contribution is -0.116. The van der Waals surface area contributed by atoms with Gasteiger partial charge in [0.2, 0.25) is 5.91 Å². The van der Waals surface area contributed by atoms with E-state index in [-0.39, 0.29) is 11.7 Å². The fraction of sp³-hybridized carbons (Fsp3) is 0.278. The minimum Gasteiger partial charge on any atom is -0.311 e. The molecule has 0 fully saturated rings. The van der Waals surface area contributed by atoms with Crippen LogP contribution in [0.5, 0.6) is 0 Å². The van der Waals surface area contributed by atoms with E-state index in [1.165, 1.54) is 11.8 Å². The minimum absolute atomic E-state index is 0.0482. The normalized spacial score (nSPS) is 17.0. The van der Waals surface area contributed by atoms with Gasteiger partial charge in [-0.15, -0.1) is 22.0 Å². The van der Waals surface area contributed by atoms with Crippen molar-refractivity contribution in [1.29, 1.82) is 0 Å². The lowest BCUT2D eigenvalue weighted by Crippen LogP contribution is -2.33. The molecule has 0 N–H and O–H groups in total. The molecule has 1 unspecified atom stereocenters. The Morgan fingerprint density at radius 1 is 1.33 bits per heavy atom. The van der Waals surface area contributed by atoms with Crippen molar-refractivity contribution in [2.45, 2.75) is 28.6 Å². The molecule has 5 nitrogen and oxygen atoms in total. The molecule has 9 heteroatoms. The molecule has 140 valence electrons. The molecule has 3 heterocycles. The number of hydrogen-bond donors (Lipinski definition) is 0. The van der Waals surface area contributed by atoms with Crippen LogP contribution in [0.25, 0.3) is 5.65 Å². The van der Waals surface area contributed by atoms with E-state index in [1.54, 1.807) is 16.7 Å². The second kappa shape index (κ2) is 7.91. The summed E-state index contributed by atoms with van der Waals surface area (Å²) < 4.78 is 1.72. The summed E-state index contributed by atoms with van der Waals surface area (Å²) >= 11 is 15.4. The third-order valence-electron chi connectivity index (χ3n) is 4.26. The van der Waals surface area contributed by atoms with Crippen molar-refractivity contribution in [2.24, 2.45) is 0 Å². The standard InChI is InChI=1S/C18H16Cl2N4OS2/c1-11-6-7-23(14-4-2-3-5-15(14)27-11)16(25)10-26-18-22-21-17-13(20)8-12(19)9-24(17)18/h2-5,8-9,11H,6-7,10H2,1H3. The number of amides is 1. The molecule has 0 saturated heterocycles. The van der Waals surface area contributed by atoms with Crippen molar-refractivity contribution in [2.75, 3.05) is 17.2 Å². The summed E-state index contributed by atoms with van der Waals surface area (Å²) in [4.78, 5) is 16.0. The molecule has 1 aliphatic heterocycles. The maximum Gasteiger partial charge on any atom is 0.237 e. The summed E-state index contributed by atoms with van der Waals surface area (Å²) in [6.07, 6.45) is 2.66. The molecule has 0 radical (unpaired) electrons. The molecule has 0 aliphatic carbocycles. The van der Waals surface area contributed by atoms with Gasteiger partial charge >= 0.3 is 0 Å². The van der Waals surface area contributed by atoms with Crippen molar-refractivity contribution >= 4 is 64.0 Å². The Labute approximate surface area is 175 Å². The molecule has 1 aromatic carbocycles. The summed E-state index contributed by atoms with van der Waals surface area (Å²) in [5, 5.41) is 10.2. The van der Waals surface area contributed by atoms with Gasteiger partial charge < -0.3 is 4.90 Å². The molecular formula is C18H16Cl2N4OS2. The fourth-order valence-corrected chi connectivity index (χ4v) is 5.36. The molecule has 0 bridgehead atoms. The van der Waals surface area contributed by atoms with Gasteiger partial charge in [0.05, 0.1) is 21.5 Å². The van der Waals surface area contributed by atoms with Gasteiger partial charge in [-0.2, -0.15) is 0 Å². The number of para-hydroxylation sites is 1. The van der Waals surface area contributed by atoms with Gasteiger partial charge in [0.1, 0.15) is 0 Å².